The van der Waals surface area contributed by atoms with Gasteiger partial charge in [-0.3, -0.25) is 33.6 Å². The van der Waals surface area contributed by atoms with Gasteiger partial charge in [0.2, 0.25) is 12.4 Å². The summed E-state index contributed by atoms with van der Waals surface area (Å²) in [5, 5.41) is 0. The third-order valence-electron chi connectivity index (χ3n) is 7.33. The first-order valence-corrected chi connectivity index (χ1v) is 16.6. The topological polar surface area (TPSA) is 233 Å². The average molecular weight is 808 g/mol. The molecule has 0 spiro atoms. The van der Waals surface area contributed by atoms with Crippen LogP contribution < -0.4 is 0 Å². The molecule has 1 aromatic carbocycles. The van der Waals surface area contributed by atoms with Crippen molar-refractivity contribution in [1.82, 2.24) is 0 Å². The van der Waals surface area contributed by atoms with Crippen LogP contribution in [0.3, 0.4) is 0 Å². The summed E-state index contributed by atoms with van der Waals surface area (Å²) in [6, 6.07) is 6.76. The molecule has 8 unspecified atom stereocenters. The van der Waals surface area contributed by atoms with Gasteiger partial charge in [0, 0.05) is 48.5 Å². The van der Waals surface area contributed by atoms with Crippen LogP contribution in [0.1, 0.15) is 48.5 Å². The van der Waals surface area contributed by atoms with Crippen molar-refractivity contribution in [1.29, 1.82) is 0 Å². The van der Waals surface area contributed by atoms with E-state index in [0.29, 0.717) is 0 Å². The Morgan fingerprint density at radius 3 is 1.36 bits per heavy atom. The molecule has 0 aliphatic carbocycles. The van der Waals surface area contributed by atoms with Crippen molar-refractivity contribution >= 4 is 53.4 Å². The van der Waals surface area contributed by atoms with E-state index in [1.165, 1.54) is 30.3 Å². The second kappa shape index (κ2) is 20.0. The number of hydrogen-bond donors (Lipinski definition) is 0. The normalized spacial score (nSPS) is 27.8. The Kier molecular flexibility index (Phi) is 16.1. The summed E-state index contributed by atoms with van der Waals surface area (Å²) in [6.07, 6.45) is -23.5. The van der Waals surface area contributed by atoms with E-state index in [1.54, 1.807) is 0 Å². The average Bonchev–Trinajstić information content (AvgIpc) is 3.06. The lowest BCUT2D eigenvalue weighted by molar-refractivity contribution is -0.329. The van der Waals surface area contributed by atoms with Gasteiger partial charge in [-0.15, -0.1) is 0 Å². The summed E-state index contributed by atoms with van der Waals surface area (Å²) in [5.41, 5.74) is -0.211. The lowest BCUT2D eigenvalue weighted by atomic mass is 9.97. The highest BCUT2D eigenvalue weighted by Crippen LogP contribution is 2.35. The molecule has 1 aromatic rings. The number of hydrogen-bond acceptors (Lipinski definition) is 19. The van der Waals surface area contributed by atoms with Crippen LogP contribution in [0.2, 0.25) is 0 Å². The molecule has 2 saturated heterocycles. The summed E-state index contributed by atoms with van der Waals surface area (Å²) in [6.45, 7) is 5.16. The van der Waals surface area contributed by atoms with E-state index in [-0.39, 0.29) is 5.69 Å². The van der Waals surface area contributed by atoms with Crippen molar-refractivity contribution in [2.75, 3.05) is 13.2 Å². The highest BCUT2D eigenvalue weighted by Gasteiger charge is 2.57. The second-order valence-electron chi connectivity index (χ2n) is 12.0. The van der Waals surface area contributed by atoms with Gasteiger partial charge < -0.3 is 52.1 Å². The number of nitrogens with zero attached hydrogens (tertiary/aromatic N) is 1. The predicted octanol–water partition coefficient (Wildman–Crippen LogP) is 1.92. The summed E-state index contributed by atoms with van der Waals surface area (Å²) in [7, 11) is 0. The van der Waals surface area contributed by atoms with Crippen LogP contribution in [0.5, 0.6) is 0 Å². The number of halogens is 3. The van der Waals surface area contributed by atoms with Gasteiger partial charge in [0.05, 0.1) is 12.3 Å². The molecule has 2 heterocycles. The molecule has 0 amide bonds. The minimum Gasteiger partial charge on any atom is -0.463 e. The van der Waals surface area contributed by atoms with Gasteiger partial charge in [0.1, 0.15) is 18.8 Å². The van der Waals surface area contributed by atoms with E-state index in [2.05, 4.69) is 4.99 Å². The van der Waals surface area contributed by atoms with E-state index in [9.17, 15) is 46.7 Å². The Morgan fingerprint density at radius 1 is 0.536 bits per heavy atom. The third kappa shape index (κ3) is 13.4. The van der Waals surface area contributed by atoms with Crippen LogP contribution in [0.4, 0.5) is 18.9 Å². The molecule has 22 heteroatoms. The molecule has 3 rings (SSSR count). The van der Waals surface area contributed by atoms with Gasteiger partial charge in [0.25, 0.3) is 5.90 Å². The Balaban J connectivity index is 2.13. The highest BCUT2D eigenvalue weighted by molar-refractivity contribution is 5.84. The quantitative estimate of drug-likeness (QED) is 0.120. The molecular weight excluding hydrogens is 767 g/mol. The Bertz CT molecular complexity index is 1620. The molecular formula is C34H40F3NO18. The monoisotopic (exact) mass is 807 g/mol. The summed E-state index contributed by atoms with van der Waals surface area (Å²) < 4.78 is 103. The molecule has 0 bridgehead atoms. The predicted molar refractivity (Wildman–Crippen MR) is 174 cm³/mol. The van der Waals surface area contributed by atoms with Crippen molar-refractivity contribution in [3.8, 4) is 0 Å². The number of carbonyl (C=O) groups is 7. The van der Waals surface area contributed by atoms with Gasteiger partial charge in [0.15, 0.2) is 36.8 Å². The maximum atomic E-state index is 14.4. The molecule has 0 aromatic heterocycles. The fraction of sp³-hybridized carbons (Fsp3) is 0.588. The Hall–Kier alpha value is -5.35. The number of para-hydroxylation sites is 1. The van der Waals surface area contributed by atoms with E-state index >= 15 is 0 Å². The minimum atomic E-state index is -5.29. The fourth-order valence-electron chi connectivity index (χ4n) is 5.48. The maximum absolute atomic E-state index is 14.4. The van der Waals surface area contributed by atoms with E-state index in [1.807, 2.05) is 0 Å². The van der Waals surface area contributed by atoms with Gasteiger partial charge in [-0.1, -0.05) is 18.2 Å². The summed E-state index contributed by atoms with van der Waals surface area (Å²) in [4.78, 5) is 88.7. The zero-order chi connectivity index (χ0) is 41.9. The molecule has 0 N–H and O–H groups in total. The van der Waals surface area contributed by atoms with Crippen molar-refractivity contribution < 1.29 is 98.8 Å². The van der Waals surface area contributed by atoms with Gasteiger partial charge in [-0.2, -0.15) is 13.2 Å². The third-order valence-corrected chi connectivity index (χ3v) is 7.33. The maximum Gasteiger partial charge on any atom is 0.468 e. The standard InChI is InChI=1S/C34H40F3NO18/c1-15(39)46-13-23-25(48-16(2)40)27(50-18(4)42)29(52-20(6)44)31(54-23)47-14-24-26(49-17(3)41)28(51-19(5)43)30(53-21(7)45)32(55-24)56-33(34(35,36)37)38-22-11-9-8-10-12-22/h8-12,23-32H,13-14H2,1-7H3/t23?,24?,25?,26?,27-,28-,29?,30?,31?,32?/m0/s1. The number of aliphatic imine (C=N–C) groups is 1. The fourth-order valence-corrected chi connectivity index (χ4v) is 5.48. The number of carbonyl (C=O) groups excluding carboxylic acids is 7. The Labute approximate surface area is 316 Å². The van der Waals surface area contributed by atoms with E-state index < -0.39 is 128 Å². The largest absolute Gasteiger partial charge is 0.468 e. The highest BCUT2D eigenvalue weighted by atomic mass is 19.4. The van der Waals surface area contributed by atoms with E-state index in [4.69, 9.17) is 52.1 Å². The summed E-state index contributed by atoms with van der Waals surface area (Å²) in [5.74, 6) is -8.76. The van der Waals surface area contributed by atoms with Crippen molar-refractivity contribution in [2.45, 2.75) is 116 Å². The smallest absolute Gasteiger partial charge is 0.463 e. The molecule has 2 aliphatic rings. The van der Waals surface area contributed by atoms with Crippen LogP contribution in [0.15, 0.2) is 35.3 Å². The molecule has 310 valence electrons. The SMILES string of the molecule is CC(=O)OCC1OC(OCC2OC(OC(=Nc3ccccc3)C(F)(F)F)C(OC(C)=O)[C@@H](OC(C)=O)C2OC(C)=O)C(OC(C)=O)[C@@H](OC(C)=O)C1OC(C)=O. The van der Waals surface area contributed by atoms with Crippen LogP contribution in [-0.2, 0) is 85.7 Å². The lowest BCUT2D eigenvalue weighted by Gasteiger charge is -2.46. The van der Waals surface area contributed by atoms with Crippen LogP contribution >= 0.6 is 0 Å². The molecule has 2 fully saturated rings. The minimum absolute atomic E-state index is 0.211. The van der Waals surface area contributed by atoms with Crippen molar-refractivity contribution in [2.24, 2.45) is 4.99 Å². The van der Waals surface area contributed by atoms with Crippen LogP contribution in [-0.4, -0.2) is 128 Å². The molecule has 0 radical (unpaired) electrons. The van der Waals surface area contributed by atoms with Crippen molar-refractivity contribution in [3.05, 3.63) is 30.3 Å². The van der Waals surface area contributed by atoms with Crippen molar-refractivity contribution in [3.63, 3.8) is 0 Å². The van der Waals surface area contributed by atoms with E-state index in [0.717, 1.165) is 48.5 Å². The molecule has 56 heavy (non-hydrogen) atoms. The number of rotatable bonds is 13. The van der Waals surface area contributed by atoms with Crippen LogP contribution in [0, 0.1) is 0 Å². The first-order chi connectivity index (χ1) is 26.2. The zero-order valence-corrected chi connectivity index (χ0v) is 31.0. The van der Waals surface area contributed by atoms with Crippen LogP contribution in [0.25, 0.3) is 0 Å². The number of benzene rings is 1. The van der Waals surface area contributed by atoms with Gasteiger partial charge in [-0.05, 0) is 12.1 Å². The molecule has 10 atom stereocenters. The van der Waals surface area contributed by atoms with Gasteiger partial charge in [-0.25, -0.2) is 4.99 Å². The van der Waals surface area contributed by atoms with Gasteiger partial charge >= 0.3 is 48.0 Å². The number of ether oxygens (including phenoxy) is 11. The lowest BCUT2D eigenvalue weighted by Crippen LogP contribution is -2.65. The number of alkyl halides is 3. The summed E-state index contributed by atoms with van der Waals surface area (Å²) >= 11 is 0. The Morgan fingerprint density at radius 2 is 0.929 bits per heavy atom. The molecule has 0 saturated carbocycles. The molecule has 19 nitrogen and oxygen atoms in total. The molecule has 2 aliphatic heterocycles. The first kappa shape index (κ1) is 45.0. The number of esters is 7. The first-order valence-electron chi connectivity index (χ1n) is 16.6. The zero-order valence-electron chi connectivity index (χ0n) is 31.0. The second-order valence-corrected chi connectivity index (χ2v) is 12.0.